The Bertz CT molecular complexity index is 467. The Morgan fingerprint density at radius 3 is 2.25 bits per heavy atom. The van der Waals surface area contributed by atoms with Crippen molar-refractivity contribution in [1.82, 2.24) is 0 Å². The van der Waals surface area contributed by atoms with Crippen LogP contribution in [0, 0.1) is 10.1 Å². The lowest BCUT2D eigenvalue weighted by molar-refractivity contribution is -0.402. The van der Waals surface area contributed by atoms with E-state index in [-0.39, 0.29) is 11.3 Å². The van der Waals surface area contributed by atoms with Crippen LogP contribution < -0.4 is 0 Å². The molecular formula is C10H9NO5. The van der Waals surface area contributed by atoms with Crippen molar-refractivity contribution in [2.75, 3.05) is 0 Å². The molecule has 0 saturated carbocycles. The third kappa shape index (κ3) is 2.63. The molecule has 16 heavy (non-hydrogen) atoms. The van der Waals surface area contributed by atoms with Crippen molar-refractivity contribution in [1.29, 1.82) is 0 Å². The largest absolute Gasteiger partial charge is 0.433 e. The summed E-state index contributed by atoms with van der Waals surface area (Å²) in [5.74, 6) is -1.15. The standard InChI is InChI=1S/C10H9NO5/c1-6(12)9(7(2)13)5-8-3-4-10(16-8)11(14)15/h3-5H,1-2H3. The zero-order valence-electron chi connectivity index (χ0n) is 8.72. The summed E-state index contributed by atoms with van der Waals surface area (Å²) in [6, 6.07) is 2.48. The predicted octanol–water partition coefficient (Wildman–Crippen LogP) is 1.75. The van der Waals surface area contributed by atoms with Gasteiger partial charge in [-0.1, -0.05) is 0 Å². The number of ketones is 2. The average Bonchev–Trinajstić information content (AvgIpc) is 2.61. The van der Waals surface area contributed by atoms with Gasteiger partial charge in [0.1, 0.15) is 10.7 Å². The van der Waals surface area contributed by atoms with Crippen LogP contribution in [-0.2, 0) is 9.59 Å². The lowest BCUT2D eigenvalue weighted by Gasteiger charge is -1.95. The van der Waals surface area contributed by atoms with Gasteiger partial charge in [-0.05, 0) is 26.0 Å². The van der Waals surface area contributed by atoms with Crippen LogP contribution in [0.4, 0.5) is 5.88 Å². The van der Waals surface area contributed by atoms with E-state index in [1.165, 1.54) is 26.0 Å². The lowest BCUT2D eigenvalue weighted by atomic mass is 10.1. The van der Waals surface area contributed by atoms with Gasteiger partial charge in [0.2, 0.25) is 0 Å². The number of hydrogen-bond donors (Lipinski definition) is 0. The Morgan fingerprint density at radius 2 is 1.88 bits per heavy atom. The minimum absolute atomic E-state index is 0.0516. The molecule has 0 aliphatic heterocycles. The lowest BCUT2D eigenvalue weighted by Crippen LogP contribution is -2.05. The molecule has 0 amide bonds. The third-order valence-electron chi connectivity index (χ3n) is 1.84. The Kier molecular flexibility index (Phi) is 3.34. The molecule has 0 atom stereocenters. The maximum atomic E-state index is 11.1. The molecule has 6 nitrogen and oxygen atoms in total. The molecule has 0 aliphatic rings. The molecular weight excluding hydrogens is 214 g/mol. The number of allylic oxidation sites excluding steroid dienone is 1. The van der Waals surface area contributed by atoms with E-state index in [1.807, 2.05) is 0 Å². The maximum absolute atomic E-state index is 11.1. The number of nitrogens with zero attached hydrogens (tertiary/aromatic N) is 1. The van der Waals surface area contributed by atoms with Gasteiger partial charge in [-0.15, -0.1) is 0 Å². The summed E-state index contributed by atoms with van der Waals surface area (Å²) in [6.45, 7) is 2.48. The molecule has 0 saturated heterocycles. The monoisotopic (exact) mass is 223 g/mol. The fourth-order valence-corrected chi connectivity index (χ4v) is 1.11. The minimum Gasteiger partial charge on any atom is -0.401 e. The number of carbonyl (C=O) groups excluding carboxylic acids is 2. The maximum Gasteiger partial charge on any atom is 0.433 e. The highest BCUT2D eigenvalue weighted by Crippen LogP contribution is 2.18. The summed E-state index contributed by atoms with van der Waals surface area (Å²) in [5.41, 5.74) is -0.0516. The number of nitro groups is 1. The second-order valence-corrected chi connectivity index (χ2v) is 3.10. The summed E-state index contributed by atoms with van der Waals surface area (Å²) in [6.07, 6.45) is 1.19. The van der Waals surface area contributed by atoms with Gasteiger partial charge in [0.15, 0.2) is 11.6 Å². The first-order chi connectivity index (χ1) is 7.41. The van der Waals surface area contributed by atoms with Crippen LogP contribution in [0.3, 0.4) is 0 Å². The van der Waals surface area contributed by atoms with Crippen molar-refractivity contribution in [2.45, 2.75) is 13.8 Å². The van der Waals surface area contributed by atoms with E-state index in [9.17, 15) is 19.7 Å². The highest BCUT2D eigenvalue weighted by atomic mass is 16.6. The molecule has 1 heterocycles. The van der Waals surface area contributed by atoms with Crippen molar-refractivity contribution < 1.29 is 18.9 Å². The van der Waals surface area contributed by atoms with Crippen molar-refractivity contribution >= 4 is 23.5 Å². The van der Waals surface area contributed by atoms with Crippen LogP contribution in [-0.4, -0.2) is 16.5 Å². The zero-order valence-corrected chi connectivity index (χ0v) is 8.72. The van der Waals surface area contributed by atoms with Crippen LogP contribution in [0.5, 0.6) is 0 Å². The fourth-order valence-electron chi connectivity index (χ4n) is 1.11. The van der Waals surface area contributed by atoms with Gasteiger partial charge in [0.05, 0.1) is 11.6 Å². The molecule has 1 rings (SSSR count). The molecule has 0 unspecified atom stereocenters. The van der Waals surface area contributed by atoms with Gasteiger partial charge < -0.3 is 4.42 Å². The molecule has 0 bridgehead atoms. The molecule has 1 aromatic rings. The van der Waals surface area contributed by atoms with Crippen LogP contribution in [0.1, 0.15) is 19.6 Å². The van der Waals surface area contributed by atoms with Gasteiger partial charge in [0, 0.05) is 0 Å². The smallest absolute Gasteiger partial charge is 0.401 e. The van der Waals surface area contributed by atoms with Crippen LogP contribution >= 0.6 is 0 Å². The molecule has 6 heteroatoms. The van der Waals surface area contributed by atoms with Crippen molar-refractivity contribution in [3.8, 4) is 0 Å². The van der Waals surface area contributed by atoms with Gasteiger partial charge in [0.25, 0.3) is 0 Å². The Morgan fingerprint density at radius 1 is 1.31 bits per heavy atom. The number of hydrogen-bond acceptors (Lipinski definition) is 5. The molecule has 1 aromatic heterocycles. The van der Waals surface area contributed by atoms with E-state index in [0.717, 1.165) is 6.07 Å². The highest BCUT2D eigenvalue weighted by Gasteiger charge is 2.14. The topological polar surface area (TPSA) is 90.4 Å². The van der Waals surface area contributed by atoms with E-state index < -0.39 is 22.4 Å². The number of Topliss-reactive ketones (excluding diaryl/α,β-unsaturated/α-hetero) is 2. The Labute approximate surface area is 90.7 Å². The second kappa shape index (κ2) is 4.52. The van der Waals surface area contributed by atoms with E-state index in [4.69, 9.17) is 4.42 Å². The van der Waals surface area contributed by atoms with E-state index in [0.29, 0.717) is 0 Å². The first kappa shape index (κ1) is 11.8. The fraction of sp³-hybridized carbons (Fsp3) is 0.200. The minimum atomic E-state index is -0.696. The van der Waals surface area contributed by atoms with Gasteiger partial charge in [-0.2, -0.15) is 0 Å². The SMILES string of the molecule is CC(=O)C(=Cc1ccc([N+](=O)[O-])o1)C(C)=O. The number of furan rings is 1. The van der Waals surface area contributed by atoms with Crippen LogP contribution in [0.2, 0.25) is 0 Å². The summed E-state index contributed by atoms with van der Waals surface area (Å²) in [7, 11) is 0. The molecule has 84 valence electrons. The first-order valence-electron chi connectivity index (χ1n) is 4.39. The molecule has 0 radical (unpaired) electrons. The predicted molar refractivity (Wildman–Crippen MR) is 54.7 cm³/mol. The molecule has 0 fully saturated rings. The first-order valence-corrected chi connectivity index (χ1v) is 4.39. The van der Waals surface area contributed by atoms with Crippen LogP contribution in [0.15, 0.2) is 22.1 Å². The molecule has 0 aromatic carbocycles. The Hall–Kier alpha value is -2.24. The quantitative estimate of drug-likeness (QED) is 0.255. The summed E-state index contributed by atoms with van der Waals surface area (Å²) in [4.78, 5) is 31.8. The van der Waals surface area contributed by atoms with Gasteiger partial charge >= 0.3 is 5.88 Å². The van der Waals surface area contributed by atoms with Crippen LogP contribution in [0.25, 0.3) is 6.08 Å². The van der Waals surface area contributed by atoms with E-state index >= 15 is 0 Å². The normalized spacial score (nSPS) is 9.62. The van der Waals surface area contributed by atoms with Crippen molar-refractivity contribution in [3.05, 3.63) is 33.6 Å². The van der Waals surface area contributed by atoms with Gasteiger partial charge in [-0.3, -0.25) is 19.7 Å². The van der Waals surface area contributed by atoms with E-state index in [1.54, 1.807) is 0 Å². The van der Waals surface area contributed by atoms with E-state index in [2.05, 4.69) is 0 Å². The summed E-state index contributed by atoms with van der Waals surface area (Å²) < 4.78 is 4.80. The number of rotatable bonds is 4. The van der Waals surface area contributed by atoms with Crippen molar-refractivity contribution in [3.63, 3.8) is 0 Å². The molecule has 0 aliphatic carbocycles. The number of carbonyl (C=O) groups is 2. The Balaban J connectivity index is 3.09. The highest BCUT2D eigenvalue weighted by molar-refractivity contribution is 6.21. The molecule has 0 spiro atoms. The second-order valence-electron chi connectivity index (χ2n) is 3.10. The summed E-state index contributed by atoms with van der Waals surface area (Å²) >= 11 is 0. The average molecular weight is 223 g/mol. The van der Waals surface area contributed by atoms with Gasteiger partial charge in [-0.25, -0.2) is 0 Å². The summed E-state index contributed by atoms with van der Waals surface area (Å²) in [5, 5.41) is 10.3. The zero-order chi connectivity index (χ0) is 12.3. The molecule has 0 N–H and O–H groups in total. The van der Waals surface area contributed by atoms with Crippen molar-refractivity contribution in [2.24, 2.45) is 0 Å². The third-order valence-corrected chi connectivity index (χ3v) is 1.84.